The smallest absolute Gasteiger partial charge is 0.159 e. The molecule has 4 aliphatic carbocycles. The molecule has 7 rings (SSSR count). The highest BCUT2D eigenvalue weighted by atomic mass is 16.6. The van der Waals surface area contributed by atoms with Gasteiger partial charge in [0, 0.05) is 23.4 Å². The van der Waals surface area contributed by atoms with E-state index in [4.69, 9.17) is 15.2 Å². The zero-order chi connectivity index (χ0) is 34.5. The number of carbonyl (C=O) groups excluding carboxylic acids is 1. The number of ether oxygens (including phenoxy) is 2. The summed E-state index contributed by atoms with van der Waals surface area (Å²) in [5.41, 5.74) is 2.46. The van der Waals surface area contributed by atoms with Gasteiger partial charge < -0.3 is 41.0 Å². The van der Waals surface area contributed by atoms with Crippen LogP contribution in [-0.2, 0) is 14.3 Å². The summed E-state index contributed by atoms with van der Waals surface area (Å²) in [6.45, 7) is 11.9. The molecule has 3 heterocycles. The van der Waals surface area contributed by atoms with E-state index in [1.807, 2.05) is 13.8 Å². The third kappa shape index (κ3) is 5.18. The number of hydrogen-bond acceptors (Lipinski definition) is 9. The van der Waals surface area contributed by atoms with Crippen LogP contribution in [0.5, 0.6) is 0 Å². The lowest BCUT2D eigenvalue weighted by atomic mass is 9.45. The second-order valence-electron chi connectivity index (χ2n) is 18.7. The number of carbonyl (C=O) groups is 1. The van der Waals surface area contributed by atoms with Gasteiger partial charge >= 0.3 is 0 Å². The van der Waals surface area contributed by atoms with Gasteiger partial charge in [-0.2, -0.15) is 0 Å². The fourth-order valence-electron chi connectivity index (χ4n) is 12.5. The van der Waals surface area contributed by atoms with Crippen LogP contribution in [0.1, 0.15) is 118 Å². The maximum absolute atomic E-state index is 13.7. The lowest BCUT2D eigenvalue weighted by Crippen LogP contribution is -2.63. The highest BCUT2D eigenvalue weighted by Gasteiger charge is 2.75. The van der Waals surface area contributed by atoms with E-state index in [0.717, 1.165) is 69.9 Å². The molecule has 6 fully saturated rings. The maximum atomic E-state index is 13.7. The van der Waals surface area contributed by atoms with E-state index in [0.29, 0.717) is 44.1 Å². The van der Waals surface area contributed by atoms with Gasteiger partial charge in [-0.25, -0.2) is 0 Å². The van der Waals surface area contributed by atoms with Crippen molar-refractivity contribution in [2.24, 2.45) is 51.6 Å². The molecule has 9 nitrogen and oxygen atoms in total. The van der Waals surface area contributed by atoms with Crippen molar-refractivity contribution in [1.29, 1.82) is 0 Å². The molecule has 0 spiro atoms. The summed E-state index contributed by atoms with van der Waals surface area (Å²) in [5, 5.41) is 49.9. The lowest BCUT2D eigenvalue weighted by Gasteiger charge is -2.61. The van der Waals surface area contributed by atoms with E-state index < -0.39 is 39.8 Å². The Morgan fingerprint density at radius 1 is 1.06 bits per heavy atom. The Morgan fingerprint density at radius 3 is 2.54 bits per heavy atom. The van der Waals surface area contributed by atoms with Crippen molar-refractivity contribution in [2.45, 2.75) is 159 Å². The number of piperidine rings is 1. The van der Waals surface area contributed by atoms with Crippen LogP contribution in [0.2, 0.25) is 0 Å². The SMILES string of the molecule is C[C@@H]1CCO[C@@]([C@@H]2O[C@@H]2[C@](C)(O)[C@](C)(CO)CCC2CCNC(N)C2)([C@@H]2CC[C@]3(O)C4=CC(=O)[C@H]5C[C@@H](O)CC[C@]5(C)[C@@H]4CC[C@]23C)C1. The number of allylic oxidation sites excluding steroid dienone is 1. The molecule has 48 heavy (non-hydrogen) atoms. The largest absolute Gasteiger partial charge is 0.396 e. The number of nitrogens with two attached hydrogens (primary N) is 1. The monoisotopic (exact) mass is 672 g/mol. The number of ketones is 1. The van der Waals surface area contributed by atoms with Gasteiger partial charge in [0.1, 0.15) is 17.8 Å². The first-order valence-electron chi connectivity index (χ1n) is 19.3. The summed E-state index contributed by atoms with van der Waals surface area (Å²) in [5.74, 6) is 0.838. The first-order valence-corrected chi connectivity index (χ1v) is 19.3. The normalized spacial score (nSPS) is 51.5. The average Bonchev–Trinajstić information content (AvgIpc) is 3.81. The van der Waals surface area contributed by atoms with Crippen LogP contribution in [0.4, 0.5) is 0 Å². The number of epoxide rings is 1. The number of nitrogens with one attached hydrogen (secondary N) is 1. The number of hydrogen-bond donors (Lipinski definition) is 6. The molecule has 0 aromatic heterocycles. The molecular weight excluding hydrogens is 608 g/mol. The highest BCUT2D eigenvalue weighted by Crippen LogP contribution is 2.71. The molecule has 0 aromatic carbocycles. The molecule has 0 amide bonds. The minimum absolute atomic E-state index is 0.00470. The minimum Gasteiger partial charge on any atom is -0.396 e. The molecule has 7 aliphatic rings. The Labute approximate surface area is 287 Å². The van der Waals surface area contributed by atoms with Crippen LogP contribution in [0.15, 0.2) is 11.6 Å². The van der Waals surface area contributed by atoms with Crippen LogP contribution >= 0.6 is 0 Å². The number of rotatable bonds is 8. The molecule has 7 N–H and O–H groups in total. The standard InChI is InChI=1S/C39H64N2O7/c1-23-11-17-47-38(21-23,33-32(48-33)37(5,45)34(2,22-42)12-6-24-10-16-41-31(40)18-24)30-9-15-39(46)27-20-29(44)28-19-25(43)7-13-35(28,3)26(27)8-14-36(30,39)4/h20,23-26,28,30-33,41-43,45-46H,6-19,21-22,40H2,1-5H3/t23-,24?,25+,26-,28-,30-,31?,32+,33-,34+,35-,36-,37+,38-,39+/m1/s1. The molecular formula is C39H64N2O7. The van der Waals surface area contributed by atoms with Crippen molar-refractivity contribution >= 4 is 5.78 Å². The first kappa shape index (κ1) is 35.5. The highest BCUT2D eigenvalue weighted by molar-refractivity contribution is 5.95. The van der Waals surface area contributed by atoms with Gasteiger partial charge in [-0.1, -0.05) is 27.7 Å². The van der Waals surface area contributed by atoms with Gasteiger partial charge in [-0.15, -0.1) is 0 Å². The summed E-state index contributed by atoms with van der Waals surface area (Å²) >= 11 is 0. The van der Waals surface area contributed by atoms with Crippen molar-refractivity contribution in [1.82, 2.24) is 5.32 Å². The van der Waals surface area contributed by atoms with Crippen molar-refractivity contribution in [3.05, 3.63) is 11.6 Å². The number of fused-ring (bicyclic) bond motifs is 5. The van der Waals surface area contributed by atoms with Gasteiger partial charge in [-0.05, 0) is 138 Å². The fourth-order valence-corrected chi connectivity index (χ4v) is 12.5. The second kappa shape index (κ2) is 12.1. The third-order valence-corrected chi connectivity index (χ3v) is 16.1. The summed E-state index contributed by atoms with van der Waals surface area (Å²) in [6.07, 6.45) is 10.9. The molecule has 0 bridgehead atoms. The zero-order valence-electron chi connectivity index (χ0n) is 30.2. The summed E-state index contributed by atoms with van der Waals surface area (Å²) in [7, 11) is 0. The molecule has 2 unspecified atom stereocenters. The maximum Gasteiger partial charge on any atom is 0.159 e. The van der Waals surface area contributed by atoms with E-state index in [2.05, 4.69) is 26.1 Å². The van der Waals surface area contributed by atoms with Gasteiger partial charge in [0.05, 0.1) is 30.1 Å². The molecule has 0 radical (unpaired) electrons. The molecule has 3 aliphatic heterocycles. The Kier molecular flexibility index (Phi) is 8.93. The van der Waals surface area contributed by atoms with Crippen LogP contribution in [0.25, 0.3) is 0 Å². The van der Waals surface area contributed by atoms with E-state index in [1.54, 1.807) is 6.08 Å². The third-order valence-electron chi connectivity index (χ3n) is 16.1. The van der Waals surface area contributed by atoms with Crippen LogP contribution in [0, 0.1) is 45.8 Å². The van der Waals surface area contributed by atoms with Crippen LogP contribution < -0.4 is 11.1 Å². The Balaban J connectivity index is 1.17. The van der Waals surface area contributed by atoms with E-state index in [9.17, 15) is 25.2 Å². The van der Waals surface area contributed by atoms with E-state index in [1.165, 1.54) is 0 Å². The Hall–Kier alpha value is -0.910. The molecule has 9 heteroatoms. The quantitative estimate of drug-likeness (QED) is 0.210. The van der Waals surface area contributed by atoms with Crippen molar-refractivity contribution < 1.29 is 34.7 Å². The summed E-state index contributed by atoms with van der Waals surface area (Å²) in [6, 6.07) is 0. The van der Waals surface area contributed by atoms with Crippen LogP contribution in [-0.4, -0.2) is 87.2 Å². The predicted octanol–water partition coefficient (Wildman–Crippen LogP) is 3.99. The summed E-state index contributed by atoms with van der Waals surface area (Å²) in [4.78, 5) is 13.7. The predicted molar refractivity (Wildman–Crippen MR) is 183 cm³/mol. The van der Waals surface area contributed by atoms with Crippen molar-refractivity contribution in [2.75, 3.05) is 19.8 Å². The average molecular weight is 673 g/mol. The molecule has 0 aromatic rings. The number of aliphatic hydroxyl groups excluding tert-OH is 2. The Bertz CT molecular complexity index is 1290. The van der Waals surface area contributed by atoms with Crippen LogP contribution in [0.3, 0.4) is 0 Å². The Morgan fingerprint density at radius 2 is 1.83 bits per heavy atom. The fraction of sp³-hybridized carbons (Fsp3) is 0.923. The van der Waals surface area contributed by atoms with Crippen molar-refractivity contribution in [3.8, 4) is 0 Å². The lowest BCUT2D eigenvalue weighted by molar-refractivity contribution is -0.193. The first-order chi connectivity index (χ1) is 22.5. The number of aliphatic hydroxyl groups is 4. The van der Waals surface area contributed by atoms with Gasteiger partial charge in [0.25, 0.3) is 0 Å². The topological polar surface area (TPSA) is 158 Å². The van der Waals surface area contributed by atoms with E-state index >= 15 is 0 Å². The molecule has 3 saturated heterocycles. The van der Waals surface area contributed by atoms with Gasteiger partial charge in [0.2, 0.25) is 0 Å². The molecule has 3 saturated carbocycles. The second-order valence-corrected chi connectivity index (χ2v) is 18.7. The summed E-state index contributed by atoms with van der Waals surface area (Å²) < 4.78 is 13.6. The van der Waals surface area contributed by atoms with Gasteiger partial charge in [-0.3, -0.25) is 4.79 Å². The van der Waals surface area contributed by atoms with Crippen molar-refractivity contribution in [3.63, 3.8) is 0 Å². The minimum atomic E-state index is -1.29. The molecule has 15 atom stereocenters. The van der Waals surface area contributed by atoms with Gasteiger partial charge in [0.15, 0.2) is 5.78 Å². The zero-order valence-corrected chi connectivity index (χ0v) is 30.2. The molecule has 272 valence electrons. The van der Waals surface area contributed by atoms with E-state index in [-0.39, 0.29) is 47.8 Å².